The Kier molecular flexibility index (Phi) is 6.98. The smallest absolute Gasteiger partial charge is 0.339 e. The fraction of sp³-hybridized carbons (Fsp3) is 0.130. The van der Waals surface area contributed by atoms with Gasteiger partial charge in [-0.15, -0.1) is 0 Å². The van der Waals surface area contributed by atoms with Gasteiger partial charge in [0.25, 0.3) is 5.91 Å². The van der Waals surface area contributed by atoms with Crippen molar-refractivity contribution in [3.8, 4) is 0 Å². The molecule has 1 amide bonds. The van der Waals surface area contributed by atoms with Gasteiger partial charge in [0.05, 0.1) is 10.6 Å². The molecule has 0 unspecified atom stereocenters. The highest BCUT2D eigenvalue weighted by molar-refractivity contribution is 7.89. The monoisotopic (exact) mass is 472 g/mol. The lowest BCUT2D eigenvalue weighted by Gasteiger charge is -2.19. The second-order valence-electron chi connectivity index (χ2n) is 7.25. The minimum atomic E-state index is -4.15. The van der Waals surface area contributed by atoms with Crippen LogP contribution in [0.1, 0.15) is 33.2 Å². The SMILES string of the molecule is Cc1cc(C)cc(NC(=O)[C@@H](OC(=O)c2ccc(Cl)c(S(N)(=O)=O)c2)c2ccccc2)c1. The van der Waals surface area contributed by atoms with Crippen LogP contribution in [-0.2, 0) is 19.6 Å². The molecule has 0 saturated heterocycles. The number of rotatable bonds is 6. The first kappa shape index (κ1) is 23.5. The summed E-state index contributed by atoms with van der Waals surface area (Å²) in [5.74, 6) is -1.47. The molecule has 9 heteroatoms. The van der Waals surface area contributed by atoms with E-state index < -0.39 is 32.9 Å². The third kappa shape index (κ3) is 5.73. The number of esters is 1. The van der Waals surface area contributed by atoms with Crippen LogP contribution in [0.5, 0.6) is 0 Å². The summed E-state index contributed by atoms with van der Waals surface area (Å²) in [6, 6.07) is 17.6. The van der Waals surface area contributed by atoms with Gasteiger partial charge in [0.2, 0.25) is 16.1 Å². The third-order valence-corrected chi connectivity index (χ3v) is 5.92. The zero-order valence-electron chi connectivity index (χ0n) is 17.3. The Morgan fingerprint density at radius 1 is 0.969 bits per heavy atom. The number of hydrogen-bond acceptors (Lipinski definition) is 5. The molecule has 0 aliphatic rings. The van der Waals surface area contributed by atoms with Gasteiger partial charge in [0, 0.05) is 11.3 Å². The summed E-state index contributed by atoms with van der Waals surface area (Å²) >= 11 is 5.88. The lowest BCUT2D eigenvalue weighted by atomic mass is 10.1. The molecule has 166 valence electrons. The molecule has 0 fully saturated rings. The molecule has 3 rings (SSSR count). The predicted molar refractivity (Wildman–Crippen MR) is 122 cm³/mol. The van der Waals surface area contributed by atoms with Crippen molar-refractivity contribution < 1.29 is 22.7 Å². The average Bonchev–Trinajstić information content (AvgIpc) is 2.71. The molecular formula is C23H21ClN2O5S. The summed E-state index contributed by atoms with van der Waals surface area (Å²) < 4.78 is 28.9. The maximum Gasteiger partial charge on any atom is 0.339 e. The highest BCUT2D eigenvalue weighted by atomic mass is 35.5. The Morgan fingerprint density at radius 2 is 1.59 bits per heavy atom. The number of carbonyl (C=O) groups excluding carboxylic acids is 2. The number of nitrogens with two attached hydrogens (primary N) is 1. The lowest BCUT2D eigenvalue weighted by molar-refractivity contribution is -0.125. The molecule has 0 heterocycles. The van der Waals surface area contributed by atoms with Crippen molar-refractivity contribution in [2.24, 2.45) is 5.14 Å². The highest BCUT2D eigenvalue weighted by Crippen LogP contribution is 2.25. The van der Waals surface area contributed by atoms with Gasteiger partial charge in [0.1, 0.15) is 4.90 Å². The lowest BCUT2D eigenvalue weighted by Crippen LogP contribution is -2.26. The number of halogens is 1. The van der Waals surface area contributed by atoms with Gasteiger partial charge in [-0.3, -0.25) is 4.79 Å². The van der Waals surface area contributed by atoms with Crippen LogP contribution in [0.15, 0.2) is 71.6 Å². The van der Waals surface area contributed by atoms with Gasteiger partial charge in [-0.25, -0.2) is 18.4 Å². The van der Waals surface area contributed by atoms with E-state index in [0.717, 1.165) is 17.2 Å². The normalized spacial score (nSPS) is 12.1. The Hall–Kier alpha value is -3.20. The van der Waals surface area contributed by atoms with Crippen LogP contribution in [0.3, 0.4) is 0 Å². The minimum absolute atomic E-state index is 0.112. The number of hydrogen-bond donors (Lipinski definition) is 2. The molecule has 32 heavy (non-hydrogen) atoms. The zero-order chi connectivity index (χ0) is 23.5. The standard InChI is InChI=1S/C23H21ClN2O5S/c1-14-10-15(2)12-18(11-14)26-22(27)21(16-6-4-3-5-7-16)31-23(28)17-8-9-19(24)20(13-17)32(25,29)30/h3-13,21H,1-2H3,(H,26,27)(H2,25,29,30)/t21-/m0/s1. The van der Waals surface area contributed by atoms with Crippen molar-refractivity contribution in [2.45, 2.75) is 24.8 Å². The summed E-state index contributed by atoms with van der Waals surface area (Å²) in [6.07, 6.45) is -1.28. The molecule has 0 aliphatic carbocycles. The minimum Gasteiger partial charge on any atom is -0.444 e. The first-order valence-electron chi connectivity index (χ1n) is 9.52. The Balaban J connectivity index is 1.92. The van der Waals surface area contributed by atoms with Gasteiger partial charge in [-0.05, 0) is 55.3 Å². The summed E-state index contributed by atoms with van der Waals surface area (Å²) in [7, 11) is -4.15. The molecule has 3 N–H and O–H groups in total. The van der Waals surface area contributed by atoms with Crippen LogP contribution in [0, 0.1) is 13.8 Å². The molecule has 3 aromatic rings. The van der Waals surface area contributed by atoms with Crippen molar-refractivity contribution >= 4 is 39.2 Å². The number of nitrogens with one attached hydrogen (secondary N) is 1. The largest absolute Gasteiger partial charge is 0.444 e. The Bertz CT molecular complexity index is 1260. The Labute approximate surface area is 191 Å². The third-order valence-electron chi connectivity index (χ3n) is 4.53. The summed E-state index contributed by atoms with van der Waals surface area (Å²) in [5.41, 5.74) is 2.82. The van der Waals surface area contributed by atoms with Crippen LogP contribution in [0.2, 0.25) is 5.02 Å². The van der Waals surface area contributed by atoms with Crippen molar-refractivity contribution in [1.82, 2.24) is 0 Å². The molecule has 7 nitrogen and oxygen atoms in total. The molecule has 0 saturated carbocycles. The number of ether oxygens (including phenoxy) is 1. The van der Waals surface area contributed by atoms with Gasteiger partial charge in [-0.2, -0.15) is 0 Å². The van der Waals surface area contributed by atoms with Crippen LogP contribution >= 0.6 is 11.6 Å². The average molecular weight is 473 g/mol. The van der Waals surface area contributed by atoms with Gasteiger partial charge in [-0.1, -0.05) is 48.0 Å². The number of sulfonamides is 1. The molecule has 0 aliphatic heterocycles. The highest BCUT2D eigenvalue weighted by Gasteiger charge is 2.27. The van der Waals surface area contributed by atoms with Crippen LogP contribution in [0.25, 0.3) is 0 Å². The fourth-order valence-corrected chi connectivity index (χ4v) is 4.25. The molecule has 0 aromatic heterocycles. The van der Waals surface area contributed by atoms with Gasteiger partial charge in [0.15, 0.2) is 0 Å². The summed E-state index contributed by atoms with van der Waals surface area (Å²) in [6.45, 7) is 3.81. The topological polar surface area (TPSA) is 116 Å². The summed E-state index contributed by atoms with van der Waals surface area (Å²) in [4.78, 5) is 25.4. The maximum absolute atomic E-state index is 13.1. The second kappa shape index (κ2) is 9.52. The number of aryl methyl sites for hydroxylation is 2. The van der Waals surface area contributed by atoms with E-state index in [1.54, 1.807) is 42.5 Å². The van der Waals surface area contributed by atoms with E-state index in [1.165, 1.54) is 12.1 Å². The summed E-state index contributed by atoms with van der Waals surface area (Å²) in [5, 5.41) is 7.79. The first-order chi connectivity index (χ1) is 15.0. The zero-order valence-corrected chi connectivity index (χ0v) is 18.9. The van der Waals surface area contributed by atoms with Crippen molar-refractivity contribution in [1.29, 1.82) is 0 Å². The van der Waals surface area contributed by atoms with E-state index in [1.807, 2.05) is 19.9 Å². The van der Waals surface area contributed by atoms with Crippen molar-refractivity contribution in [2.75, 3.05) is 5.32 Å². The molecule has 3 aromatic carbocycles. The van der Waals surface area contributed by atoms with Gasteiger partial charge >= 0.3 is 5.97 Å². The number of anilines is 1. The van der Waals surface area contributed by atoms with Crippen molar-refractivity contribution in [3.05, 3.63) is 94.0 Å². The number of primary sulfonamides is 1. The molecule has 0 radical (unpaired) electrons. The van der Waals surface area contributed by atoms with Crippen molar-refractivity contribution in [3.63, 3.8) is 0 Å². The molecule has 1 atom stereocenters. The number of benzene rings is 3. The Morgan fingerprint density at radius 3 is 2.19 bits per heavy atom. The van der Waals surface area contributed by atoms with E-state index in [4.69, 9.17) is 21.5 Å². The van der Waals surface area contributed by atoms with E-state index in [-0.39, 0.29) is 10.6 Å². The van der Waals surface area contributed by atoms with E-state index in [2.05, 4.69) is 5.32 Å². The quantitative estimate of drug-likeness (QED) is 0.523. The van der Waals surface area contributed by atoms with E-state index >= 15 is 0 Å². The number of carbonyl (C=O) groups is 2. The van der Waals surface area contributed by atoms with Crippen LogP contribution in [-0.4, -0.2) is 20.3 Å². The molecular weight excluding hydrogens is 452 g/mol. The predicted octanol–water partition coefficient (Wildman–Crippen LogP) is 4.14. The maximum atomic E-state index is 13.1. The van der Waals surface area contributed by atoms with E-state index in [9.17, 15) is 18.0 Å². The molecule has 0 spiro atoms. The number of amides is 1. The second-order valence-corrected chi connectivity index (χ2v) is 9.19. The fourth-order valence-electron chi connectivity index (χ4n) is 3.18. The van der Waals surface area contributed by atoms with Crippen LogP contribution < -0.4 is 10.5 Å². The van der Waals surface area contributed by atoms with Crippen LogP contribution in [0.4, 0.5) is 5.69 Å². The first-order valence-corrected chi connectivity index (χ1v) is 11.4. The van der Waals surface area contributed by atoms with E-state index in [0.29, 0.717) is 11.3 Å². The van der Waals surface area contributed by atoms with Gasteiger partial charge < -0.3 is 10.1 Å². The molecule has 0 bridgehead atoms.